The number of fused-ring (bicyclic) bond motifs is 1. The number of carbonyl (C=O) groups excluding carboxylic acids is 1. The Morgan fingerprint density at radius 2 is 2.35 bits per heavy atom. The average molecular weight is 233 g/mol. The molecular formula is C12H15N3O2. The number of nitrogen functional groups attached to an aromatic ring is 1. The smallest absolute Gasteiger partial charge is 0.253 e. The molecule has 1 heterocycles. The molecule has 1 aromatic carbocycles. The number of anilines is 1. The Morgan fingerprint density at radius 3 is 3.06 bits per heavy atom. The third-order valence-corrected chi connectivity index (χ3v) is 2.51. The molecule has 90 valence electrons. The van der Waals surface area contributed by atoms with Gasteiger partial charge >= 0.3 is 0 Å². The summed E-state index contributed by atoms with van der Waals surface area (Å²) in [5, 5.41) is 12.6. The standard InChI is InChI=1S/C12H15N3O2/c1-7(16)5-15-12(17)10-6-14-11-4-8(13)2-3-9(10)11/h2-4,6-7,14,16H,5,13H2,1H3,(H,15,17)/t7-/m0/s1. The van der Waals surface area contributed by atoms with E-state index < -0.39 is 6.10 Å². The lowest BCUT2D eigenvalue weighted by Gasteiger charge is -2.06. The fourth-order valence-electron chi connectivity index (χ4n) is 1.67. The van der Waals surface area contributed by atoms with Gasteiger partial charge in [0, 0.05) is 29.3 Å². The van der Waals surface area contributed by atoms with Crippen molar-refractivity contribution in [2.75, 3.05) is 12.3 Å². The maximum Gasteiger partial charge on any atom is 0.253 e. The monoisotopic (exact) mass is 233 g/mol. The predicted molar refractivity (Wildman–Crippen MR) is 66.7 cm³/mol. The average Bonchev–Trinajstić information content (AvgIpc) is 2.68. The highest BCUT2D eigenvalue weighted by Gasteiger charge is 2.12. The molecule has 5 nitrogen and oxygen atoms in total. The van der Waals surface area contributed by atoms with Crippen LogP contribution in [0.2, 0.25) is 0 Å². The molecule has 0 unspecified atom stereocenters. The van der Waals surface area contributed by atoms with Gasteiger partial charge in [0.2, 0.25) is 0 Å². The topological polar surface area (TPSA) is 91.1 Å². The van der Waals surface area contributed by atoms with Gasteiger partial charge in [0.15, 0.2) is 0 Å². The molecule has 0 spiro atoms. The normalized spacial score (nSPS) is 12.6. The number of hydrogen-bond donors (Lipinski definition) is 4. The van der Waals surface area contributed by atoms with Crippen LogP contribution in [0.3, 0.4) is 0 Å². The summed E-state index contributed by atoms with van der Waals surface area (Å²) >= 11 is 0. The van der Waals surface area contributed by atoms with E-state index in [2.05, 4.69) is 10.3 Å². The maximum atomic E-state index is 11.8. The molecule has 0 aliphatic carbocycles. The molecule has 2 aromatic rings. The van der Waals surface area contributed by atoms with Gasteiger partial charge in [-0.05, 0) is 25.1 Å². The molecule has 17 heavy (non-hydrogen) atoms. The molecule has 5 N–H and O–H groups in total. The number of nitrogens with two attached hydrogens (primary N) is 1. The summed E-state index contributed by atoms with van der Waals surface area (Å²) in [5.41, 5.74) is 7.68. The first-order chi connectivity index (χ1) is 8.08. The fraction of sp³-hybridized carbons (Fsp3) is 0.250. The van der Waals surface area contributed by atoms with Crippen LogP contribution in [0.25, 0.3) is 10.9 Å². The molecule has 0 fully saturated rings. The van der Waals surface area contributed by atoms with Gasteiger partial charge in [0.25, 0.3) is 5.91 Å². The summed E-state index contributed by atoms with van der Waals surface area (Å²) in [4.78, 5) is 14.8. The van der Waals surface area contributed by atoms with E-state index in [9.17, 15) is 4.79 Å². The van der Waals surface area contributed by atoms with Crippen LogP contribution < -0.4 is 11.1 Å². The summed E-state index contributed by atoms with van der Waals surface area (Å²) in [7, 11) is 0. The molecule has 2 rings (SSSR count). The summed E-state index contributed by atoms with van der Waals surface area (Å²) in [6, 6.07) is 5.33. The number of hydrogen-bond acceptors (Lipinski definition) is 3. The Labute approximate surface area is 98.6 Å². The van der Waals surface area contributed by atoms with Crippen LogP contribution in [0, 0.1) is 0 Å². The Balaban J connectivity index is 2.27. The number of H-pyrrole nitrogens is 1. The van der Waals surface area contributed by atoms with Crippen molar-refractivity contribution in [1.82, 2.24) is 10.3 Å². The van der Waals surface area contributed by atoms with Crippen LogP contribution in [0.5, 0.6) is 0 Å². The lowest BCUT2D eigenvalue weighted by atomic mass is 10.1. The zero-order chi connectivity index (χ0) is 12.4. The van der Waals surface area contributed by atoms with Gasteiger partial charge in [-0.15, -0.1) is 0 Å². The summed E-state index contributed by atoms with van der Waals surface area (Å²) < 4.78 is 0. The van der Waals surface area contributed by atoms with Crippen molar-refractivity contribution in [1.29, 1.82) is 0 Å². The van der Waals surface area contributed by atoms with Crippen molar-refractivity contribution < 1.29 is 9.90 Å². The fourth-order valence-corrected chi connectivity index (χ4v) is 1.67. The number of nitrogens with one attached hydrogen (secondary N) is 2. The zero-order valence-corrected chi connectivity index (χ0v) is 9.53. The van der Waals surface area contributed by atoms with Gasteiger partial charge in [0.05, 0.1) is 11.7 Å². The first-order valence-electron chi connectivity index (χ1n) is 5.41. The van der Waals surface area contributed by atoms with Crippen LogP contribution >= 0.6 is 0 Å². The Hall–Kier alpha value is -2.01. The van der Waals surface area contributed by atoms with Gasteiger partial charge < -0.3 is 21.1 Å². The quantitative estimate of drug-likeness (QED) is 0.592. The number of aromatic amines is 1. The van der Waals surface area contributed by atoms with Crippen molar-refractivity contribution in [2.24, 2.45) is 0 Å². The Kier molecular flexibility index (Phi) is 3.01. The summed E-state index contributed by atoms with van der Waals surface area (Å²) in [6.45, 7) is 1.86. The van der Waals surface area contributed by atoms with Gasteiger partial charge in [-0.25, -0.2) is 0 Å². The van der Waals surface area contributed by atoms with Crippen molar-refractivity contribution in [2.45, 2.75) is 13.0 Å². The van der Waals surface area contributed by atoms with Gasteiger partial charge in [-0.1, -0.05) is 0 Å². The van der Waals surface area contributed by atoms with Crippen LogP contribution in [-0.2, 0) is 0 Å². The number of aromatic nitrogens is 1. The third kappa shape index (κ3) is 2.39. The highest BCUT2D eigenvalue weighted by molar-refractivity contribution is 6.07. The molecule has 0 saturated heterocycles. The Bertz CT molecular complexity index is 546. The minimum atomic E-state index is -0.556. The Morgan fingerprint density at radius 1 is 1.59 bits per heavy atom. The second kappa shape index (κ2) is 4.47. The van der Waals surface area contributed by atoms with Crippen molar-refractivity contribution in [3.05, 3.63) is 30.0 Å². The number of benzene rings is 1. The highest BCUT2D eigenvalue weighted by Crippen LogP contribution is 2.20. The van der Waals surface area contributed by atoms with Gasteiger partial charge in [-0.3, -0.25) is 4.79 Å². The van der Waals surface area contributed by atoms with Crippen molar-refractivity contribution in [3.8, 4) is 0 Å². The molecule has 0 aliphatic rings. The highest BCUT2D eigenvalue weighted by atomic mass is 16.3. The van der Waals surface area contributed by atoms with E-state index >= 15 is 0 Å². The van der Waals surface area contributed by atoms with E-state index in [-0.39, 0.29) is 12.5 Å². The lowest BCUT2D eigenvalue weighted by Crippen LogP contribution is -2.30. The van der Waals surface area contributed by atoms with E-state index in [0.717, 1.165) is 10.9 Å². The first kappa shape index (κ1) is 11.5. The molecule has 0 saturated carbocycles. The van der Waals surface area contributed by atoms with Crippen molar-refractivity contribution in [3.63, 3.8) is 0 Å². The number of amides is 1. The first-order valence-corrected chi connectivity index (χ1v) is 5.41. The molecule has 1 amide bonds. The number of aliphatic hydroxyl groups excluding tert-OH is 1. The predicted octanol–water partition coefficient (Wildman–Crippen LogP) is 0.861. The maximum absolute atomic E-state index is 11.8. The third-order valence-electron chi connectivity index (χ3n) is 2.51. The summed E-state index contributed by atoms with van der Waals surface area (Å²) in [5.74, 6) is -0.207. The molecule has 0 bridgehead atoms. The second-order valence-corrected chi connectivity index (χ2v) is 4.07. The second-order valence-electron chi connectivity index (χ2n) is 4.07. The van der Waals surface area contributed by atoms with E-state index in [1.165, 1.54) is 0 Å². The lowest BCUT2D eigenvalue weighted by molar-refractivity contribution is 0.0925. The summed E-state index contributed by atoms with van der Waals surface area (Å²) in [6.07, 6.45) is 1.08. The van der Waals surface area contributed by atoms with Crippen LogP contribution in [0.15, 0.2) is 24.4 Å². The van der Waals surface area contributed by atoms with Crippen LogP contribution in [0.1, 0.15) is 17.3 Å². The minimum absolute atomic E-state index is 0.207. The van der Waals surface area contributed by atoms with Gasteiger partial charge in [0.1, 0.15) is 0 Å². The largest absolute Gasteiger partial charge is 0.399 e. The molecule has 0 aliphatic heterocycles. The van der Waals surface area contributed by atoms with E-state index in [0.29, 0.717) is 11.3 Å². The molecule has 1 atom stereocenters. The van der Waals surface area contributed by atoms with E-state index in [4.69, 9.17) is 10.8 Å². The molecule has 1 aromatic heterocycles. The zero-order valence-electron chi connectivity index (χ0n) is 9.53. The number of carbonyl (C=O) groups is 1. The van der Waals surface area contributed by atoms with E-state index in [1.807, 2.05) is 0 Å². The van der Waals surface area contributed by atoms with Gasteiger partial charge in [-0.2, -0.15) is 0 Å². The minimum Gasteiger partial charge on any atom is -0.399 e. The van der Waals surface area contributed by atoms with E-state index in [1.54, 1.807) is 31.3 Å². The number of aliphatic hydroxyl groups is 1. The van der Waals surface area contributed by atoms with Crippen molar-refractivity contribution >= 4 is 22.5 Å². The van der Waals surface area contributed by atoms with Crippen LogP contribution in [-0.4, -0.2) is 28.6 Å². The number of rotatable bonds is 3. The molecule has 5 heteroatoms. The van der Waals surface area contributed by atoms with Crippen LogP contribution in [0.4, 0.5) is 5.69 Å². The molecule has 0 radical (unpaired) electrons. The SMILES string of the molecule is C[C@H](O)CNC(=O)c1c[nH]c2cc(N)ccc12. The molecular weight excluding hydrogens is 218 g/mol.